The quantitative estimate of drug-likeness (QED) is 0.758. The van der Waals surface area contributed by atoms with Crippen LogP contribution in [0.4, 0.5) is 4.39 Å². The predicted octanol–water partition coefficient (Wildman–Crippen LogP) is 2.44. The number of aromatic nitrogens is 1. The van der Waals surface area contributed by atoms with Gasteiger partial charge in [-0.25, -0.2) is 4.39 Å². The third-order valence-electron chi connectivity index (χ3n) is 2.81. The molecule has 114 valence electrons. The van der Waals surface area contributed by atoms with Gasteiger partial charge in [-0.1, -0.05) is 5.16 Å². The van der Waals surface area contributed by atoms with Gasteiger partial charge in [-0.05, 0) is 24.6 Å². The lowest BCUT2D eigenvalue weighted by atomic mass is 10.2. The highest BCUT2D eigenvalue weighted by atomic mass is 19.1. The van der Waals surface area contributed by atoms with E-state index in [-0.39, 0.29) is 12.4 Å². The van der Waals surface area contributed by atoms with E-state index in [0.29, 0.717) is 31.1 Å². The number of ether oxygens (including phenoxy) is 2. The van der Waals surface area contributed by atoms with Crippen molar-refractivity contribution in [2.45, 2.75) is 20.1 Å². The van der Waals surface area contributed by atoms with Crippen molar-refractivity contribution in [3.8, 4) is 5.75 Å². The second kappa shape index (κ2) is 7.75. The van der Waals surface area contributed by atoms with Gasteiger partial charge >= 0.3 is 0 Å². The summed E-state index contributed by atoms with van der Waals surface area (Å²) in [6.45, 7) is 3.94. The van der Waals surface area contributed by atoms with Gasteiger partial charge in [0.15, 0.2) is 0 Å². The van der Waals surface area contributed by atoms with Crippen LogP contribution in [0.15, 0.2) is 28.8 Å². The highest BCUT2D eigenvalue weighted by Gasteiger charge is 2.05. The Hall–Kier alpha value is -1.92. The third kappa shape index (κ3) is 5.17. The number of benzene rings is 1. The standard InChI is InChI=1S/C15H19FN2O3/c1-11-5-14(18-21-11)10-20-15-7-12(6-13(16)8-15)9-17-3-4-19-2/h5-8,17H,3-4,9-10H2,1-2H3. The fraction of sp³-hybridized carbons (Fsp3) is 0.400. The lowest BCUT2D eigenvalue weighted by Gasteiger charge is -2.08. The number of aryl methyl sites for hydroxylation is 1. The van der Waals surface area contributed by atoms with E-state index < -0.39 is 0 Å². The smallest absolute Gasteiger partial charge is 0.134 e. The van der Waals surface area contributed by atoms with Crippen LogP contribution < -0.4 is 10.1 Å². The van der Waals surface area contributed by atoms with Gasteiger partial charge in [0, 0.05) is 32.3 Å². The number of nitrogens with one attached hydrogen (secondary N) is 1. The van der Waals surface area contributed by atoms with Crippen LogP contribution in [0.5, 0.6) is 5.75 Å². The Morgan fingerprint density at radius 2 is 2.14 bits per heavy atom. The van der Waals surface area contributed by atoms with Crippen LogP contribution in [0.2, 0.25) is 0 Å². The molecule has 0 spiro atoms. The molecule has 5 nitrogen and oxygen atoms in total. The lowest BCUT2D eigenvalue weighted by molar-refractivity contribution is 0.199. The Bertz CT molecular complexity index is 572. The average Bonchev–Trinajstić information content (AvgIpc) is 2.87. The van der Waals surface area contributed by atoms with Crippen LogP contribution in [0.25, 0.3) is 0 Å². The van der Waals surface area contributed by atoms with Crippen molar-refractivity contribution in [3.63, 3.8) is 0 Å². The summed E-state index contributed by atoms with van der Waals surface area (Å²) >= 11 is 0. The SMILES string of the molecule is COCCNCc1cc(F)cc(OCc2cc(C)on2)c1. The third-order valence-corrected chi connectivity index (χ3v) is 2.81. The molecular formula is C15H19FN2O3. The number of hydrogen-bond acceptors (Lipinski definition) is 5. The number of hydrogen-bond donors (Lipinski definition) is 1. The van der Waals surface area contributed by atoms with Crippen LogP contribution in [-0.2, 0) is 17.9 Å². The van der Waals surface area contributed by atoms with E-state index in [1.54, 1.807) is 19.2 Å². The van der Waals surface area contributed by atoms with Crippen molar-refractivity contribution in [3.05, 3.63) is 47.1 Å². The topological polar surface area (TPSA) is 56.5 Å². The monoisotopic (exact) mass is 294 g/mol. The maximum Gasteiger partial charge on any atom is 0.134 e. The zero-order valence-corrected chi connectivity index (χ0v) is 12.2. The van der Waals surface area contributed by atoms with Crippen LogP contribution in [0, 0.1) is 12.7 Å². The summed E-state index contributed by atoms with van der Waals surface area (Å²) in [5, 5.41) is 6.99. The Morgan fingerprint density at radius 1 is 1.29 bits per heavy atom. The number of rotatable bonds is 8. The van der Waals surface area contributed by atoms with Crippen LogP contribution >= 0.6 is 0 Å². The second-order valence-corrected chi connectivity index (χ2v) is 4.68. The van der Waals surface area contributed by atoms with Gasteiger partial charge < -0.3 is 19.3 Å². The summed E-state index contributed by atoms with van der Waals surface area (Å²) in [5.41, 5.74) is 1.49. The van der Waals surface area contributed by atoms with E-state index in [0.717, 1.165) is 11.3 Å². The van der Waals surface area contributed by atoms with Crippen molar-refractivity contribution < 1.29 is 18.4 Å². The van der Waals surface area contributed by atoms with Crippen LogP contribution in [0.3, 0.4) is 0 Å². The Kier molecular flexibility index (Phi) is 5.71. The molecular weight excluding hydrogens is 275 g/mol. The van der Waals surface area contributed by atoms with Gasteiger partial charge in [0.2, 0.25) is 0 Å². The van der Waals surface area contributed by atoms with Crippen molar-refractivity contribution >= 4 is 0 Å². The van der Waals surface area contributed by atoms with Crippen LogP contribution in [0.1, 0.15) is 17.0 Å². The minimum atomic E-state index is -0.327. The molecule has 0 aliphatic rings. The molecule has 0 bridgehead atoms. The number of methoxy groups -OCH3 is 1. The van der Waals surface area contributed by atoms with E-state index in [1.165, 1.54) is 12.1 Å². The first-order valence-corrected chi connectivity index (χ1v) is 6.71. The summed E-state index contributed by atoms with van der Waals surface area (Å²) in [7, 11) is 1.64. The van der Waals surface area contributed by atoms with Gasteiger partial charge in [-0.3, -0.25) is 0 Å². The molecule has 0 saturated carbocycles. The molecule has 0 unspecified atom stereocenters. The van der Waals surface area contributed by atoms with Crippen molar-refractivity contribution in [2.75, 3.05) is 20.3 Å². The van der Waals surface area contributed by atoms with Gasteiger partial charge in [0.1, 0.15) is 29.6 Å². The molecule has 1 aromatic carbocycles. The molecule has 0 atom stereocenters. The van der Waals surface area contributed by atoms with E-state index in [2.05, 4.69) is 10.5 Å². The molecule has 1 heterocycles. The van der Waals surface area contributed by atoms with Gasteiger partial charge in [0.25, 0.3) is 0 Å². The first-order valence-electron chi connectivity index (χ1n) is 6.71. The van der Waals surface area contributed by atoms with E-state index in [4.69, 9.17) is 14.0 Å². The summed E-state index contributed by atoms with van der Waals surface area (Å²) in [6.07, 6.45) is 0. The summed E-state index contributed by atoms with van der Waals surface area (Å²) in [4.78, 5) is 0. The molecule has 0 fully saturated rings. The first-order chi connectivity index (χ1) is 10.2. The fourth-order valence-electron chi connectivity index (χ4n) is 1.86. The minimum Gasteiger partial charge on any atom is -0.487 e. The summed E-state index contributed by atoms with van der Waals surface area (Å²) < 4.78 is 29.0. The molecule has 1 aromatic heterocycles. The molecule has 6 heteroatoms. The van der Waals surface area contributed by atoms with Crippen molar-refractivity contribution in [2.24, 2.45) is 0 Å². The molecule has 2 aromatic rings. The summed E-state index contributed by atoms with van der Waals surface area (Å²) in [6, 6.07) is 6.42. The molecule has 0 aliphatic carbocycles. The highest BCUT2D eigenvalue weighted by molar-refractivity contribution is 5.29. The van der Waals surface area contributed by atoms with E-state index >= 15 is 0 Å². The van der Waals surface area contributed by atoms with Gasteiger partial charge in [-0.15, -0.1) is 0 Å². The van der Waals surface area contributed by atoms with Gasteiger partial charge in [-0.2, -0.15) is 0 Å². The van der Waals surface area contributed by atoms with E-state index in [9.17, 15) is 4.39 Å². The minimum absolute atomic E-state index is 0.247. The Morgan fingerprint density at radius 3 is 2.86 bits per heavy atom. The predicted molar refractivity (Wildman–Crippen MR) is 75.6 cm³/mol. The molecule has 0 radical (unpaired) electrons. The molecule has 0 saturated heterocycles. The molecule has 0 amide bonds. The molecule has 0 aliphatic heterocycles. The Balaban J connectivity index is 1.91. The lowest BCUT2D eigenvalue weighted by Crippen LogP contribution is -2.18. The van der Waals surface area contributed by atoms with Crippen molar-refractivity contribution in [1.29, 1.82) is 0 Å². The normalized spacial score (nSPS) is 10.8. The van der Waals surface area contributed by atoms with Gasteiger partial charge in [0.05, 0.1) is 6.61 Å². The largest absolute Gasteiger partial charge is 0.487 e. The number of halogens is 1. The second-order valence-electron chi connectivity index (χ2n) is 4.68. The van der Waals surface area contributed by atoms with E-state index in [1.807, 2.05) is 6.92 Å². The average molecular weight is 294 g/mol. The fourth-order valence-corrected chi connectivity index (χ4v) is 1.86. The molecule has 21 heavy (non-hydrogen) atoms. The zero-order chi connectivity index (χ0) is 15.1. The molecule has 1 N–H and O–H groups in total. The Labute approximate surface area is 123 Å². The maximum absolute atomic E-state index is 13.6. The molecule has 2 rings (SSSR count). The van der Waals surface area contributed by atoms with Crippen molar-refractivity contribution in [1.82, 2.24) is 10.5 Å². The summed E-state index contributed by atoms with van der Waals surface area (Å²) in [5.74, 6) is 0.863. The van der Waals surface area contributed by atoms with Crippen LogP contribution in [-0.4, -0.2) is 25.4 Å². The zero-order valence-electron chi connectivity index (χ0n) is 12.2. The first kappa shape index (κ1) is 15.5. The maximum atomic E-state index is 13.6. The number of nitrogens with zero attached hydrogens (tertiary/aromatic N) is 1. The highest BCUT2D eigenvalue weighted by Crippen LogP contribution is 2.18.